The van der Waals surface area contributed by atoms with Crippen LogP contribution in [-0.4, -0.2) is 31.2 Å². The smallest absolute Gasteiger partial charge is 0.143 e. The SMILES string of the molecule is Brc1cc2c(nc1N1CCCCC1)CCNCC2. The second kappa shape index (κ2) is 5.57. The number of halogens is 1. The number of hydrogen-bond acceptors (Lipinski definition) is 3. The molecular weight excluding hydrogens is 290 g/mol. The van der Waals surface area contributed by atoms with Crippen molar-refractivity contribution < 1.29 is 0 Å². The van der Waals surface area contributed by atoms with Gasteiger partial charge in [-0.15, -0.1) is 0 Å². The summed E-state index contributed by atoms with van der Waals surface area (Å²) in [5.74, 6) is 1.16. The van der Waals surface area contributed by atoms with Crippen molar-refractivity contribution >= 4 is 21.7 Å². The molecule has 0 radical (unpaired) electrons. The number of fused-ring (bicyclic) bond motifs is 1. The standard InChI is InChI=1S/C14H20BrN3/c15-12-10-11-4-6-16-7-5-13(11)17-14(12)18-8-2-1-3-9-18/h10,16H,1-9H2. The zero-order valence-corrected chi connectivity index (χ0v) is 12.3. The molecule has 0 unspecified atom stereocenters. The number of rotatable bonds is 1. The fourth-order valence-corrected chi connectivity index (χ4v) is 3.48. The fourth-order valence-electron chi connectivity index (χ4n) is 2.87. The van der Waals surface area contributed by atoms with E-state index in [1.54, 1.807) is 0 Å². The maximum atomic E-state index is 4.94. The van der Waals surface area contributed by atoms with Crippen molar-refractivity contribution in [2.24, 2.45) is 0 Å². The number of pyridine rings is 1. The molecule has 1 fully saturated rings. The van der Waals surface area contributed by atoms with E-state index < -0.39 is 0 Å². The summed E-state index contributed by atoms with van der Waals surface area (Å²) in [4.78, 5) is 7.37. The van der Waals surface area contributed by atoms with Crippen LogP contribution in [0.2, 0.25) is 0 Å². The van der Waals surface area contributed by atoms with Crippen molar-refractivity contribution in [3.8, 4) is 0 Å². The minimum Gasteiger partial charge on any atom is -0.356 e. The molecule has 0 bridgehead atoms. The first-order valence-corrected chi connectivity index (χ1v) is 7.78. The van der Waals surface area contributed by atoms with Crippen LogP contribution in [0.1, 0.15) is 30.5 Å². The lowest BCUT2D eigenvalue weighted by Crippen LogP contribution is -2.30. The van der Waals surface area contributed by atoms with Gasteiger partial charge < -0.3 is 10.2 Å². The lowest BCUT2D eigenvalue weighted by Gasteiger charge is -2.29. The van der Waals surface area contributed by atoms with Gasteiger partial charge in [0.05, 0.1) is 4.47 Å². The van der Waals surface area contributed by atoms with Crippen LogP contribution in [0, 0.1) is 0 Å². The topological polar surface area (TPSA) is 28.2 Å². The van der Waals surface area contributed by atoms with Crippen molar-refractivity contribution in [1.29, 1.82) is 0 Å². The maximum absolute atomic E-state index is 4.94. The van der Waals surface area contributed by atoms with Crippen LogP contribution in [0.4, 0.5) is 5.82 Å². The molecule has 0 atom stereocenters. The van der Waals surface area contributed by atoms with Gasteiger partial charge in [-0.3, -0.25) is 0 Å². The van der Waals surface area contributed by atoms with Gasteiger partial charge in [-0.05, 0) is 59.8 Å². The Morgan fingerprint density at radius 1 is 1.11 bits per heavy atom. The molecular formula is C14H20BrN3. The number of anilines is 1. The third kappa shape index (κ3) is 2.54. The highest BCUT2D eigenvalue weighted by Crippen LogP contribution is 2.29. The largest absolute Gasteiger partial charge is 0.356 e. The summed E-state index contributed by atoms with van der Waals surface area (Å²) in [5.41, 5.74) is 2.71. The van der Waals surface area contributed by atoms with Crippen molar-refractivity contribution in [2.45, 2.75) is 32.1 Å². The Morgan fingerprint density at radius 2 is 1.89 bits per heavy atom. The van der Waals surface area contributed by atoms with E-state index in [1.165, 1.54) is 35.0 Å². The van der Waals surface area contributed by atoms with E-state index in [1.807, 2.05) is 0 Å². The van der Waals surface area contributed by atoms with E-state index in [0.717, 1.165) is 44.8 Å². The minimum atomic E-state index is 1.06. The number of nitrogens with zero attached hydrogens (tertiary/aromatic N) is 2. The molecule has 2 aliphatic heterocycles. The zero-order valence-electron chi connectivity index (χ0n) is 10.7. The first kappa shape index (κ1) is 12.4. The molecule has 0 spiro atoms. The highest BCUT2D eigenvalue weighted by Gasteiger charge is 2.18. The van der Waals surface area contributed by atoms with E-state index in [4.69, 9.17) is 4.98 Å². The summed E-state index contributed by atoms with van der Waals surface area (Å²) in [6.07, 6.45) is 6.12. The predicted molar refractivity (Wildman–Crippen MR) is 78.3 cm³/mol. The second-order valence-corrected chi connectivity index (χ2v) is 6.05. The van der Waals surface area contributed by atoms with E-state index >= 15 is 0 Å². The highest BCUT2D eigenvalue weighted by atomic mass is 79.9. The molecule has 3 rings (SSSR count). The molecule has 1 N–H and O–H groups in total. The highest BCUT2D eigenvalue weighted by molar-refractivity contribution is 9.10. The normalized spacial score (nSPS) is 20.4. The second-order valence-electron chi connectivity index (χ2n) is 5.20. The Morgan fingerprint density at radius 3 is 2.72 bits per heavy atom. The Labute approximate surface area is 117 Å². The summed E-state index contributed by atoms with van der Waals surface area (Å²) in [6, 6.07) is 2.29. The van der Waals surface area contributed by atoms with Crippen molar-refractivity contribution in [2.75, 3.05) is 31.1 Å². The molecule has 1 aromatic heterocycles. The Balaban J connectivity index is 1.92. The average Bonchev–Trinajstić information content (AvgIpc) is 2.63. The summed E-state index contributed by atoms with van der Waals surface area (Å²) < 4.78 is 1.17. The Bertz CT molecular complexity index is 427. The monoisotopic (exact) mass is 309 g/mol. The van der Waals surface area contributed by atoms with Crippen LogP contribution < -0.4 is 10.2 Å². The molecule has 98 valence electrons. The van der Waals surface area contributed by atoms with Crippen molar-refractivity contribution in [3.05, 3.63) is 21.8 Å². The predicted octanol–water partition coefficient (Wildman–Crippen LogP) is 2.52. The Kier molecular flexibility index (Phi) is 3.85. The maximum Gasteiger partial charge on any atom is 0.143 e. The summed E-state index contributed by atoms with van der Waals surface area (Å²) >= 11 is 3.71. The molecule has 4 heteroatoms. The van der Waals surface area contributed by atoms with Crippen molar-refractivity contribution in [1.82, 2.24) is 10.3 Å². The van der Waals surface area contributed by atoms with Gasteiger partial charge in [-0.25, -0.2) is 4.98 Å². The zero-order chi connectivity index (χ0) is 12.4. The third-order valence-electron chi connectivity index (χ3n) is 3.89. The minimum absolute atomic E-state index is 1.06. The van der Waals surface area contributed by atoms with Gasteiger partial charge in [0.25, 0.3) is 0 Å². The van der Waals surface area contributed by atoms with E-state index in [0.29, 0.717) is 0 Å². The summed E-state index contributed by atoms with van der Waals surface area (Å²) in [7, 11) is 0. The molecule has 2 aliphatic rings. The van der Waals surface area contributed by atoms with Crippen molar-refractivity contribution in [3.63, 3.8) is 0 Å². The molecule has 0 amide bonds. The number of aromatic nitrogens is 1. The molecule has 0 saturated carbocycles. The van der Waals surface area contributed by atoms with Crippen LogP contribution in [0.5, 0.6) is 0 Å². The number of hydrogen-bond donors (Lipinski definition) is 1. The molecule has 0 aromatic carbocycles. The van der Waals surface area contributed by atoms with Gasteiger partial charge in [0, 0.05) is 31.7 Å². The Hall–Kier alpha value is -0.610. The third-order valence-corrected chi connectivity index (χ3v) is 4.47. The first-order valence-electron chi connectivity index (χ1n) is 6.98. The van der Waals surface area contributed by atoms with E-state index in [-0.39, 0.29) is 0 Å². The van der Waals surface area contributed by atoms with Crippen LogP contribution in [0.25, 0.3) is 0 Å². The fraction of sp³-hybridized carbons (Fsp3) is 0.643. The summed E-state index contributed by atoms with van der Waals surface area (Å²) in [5, 5.41) is 3.44. The number of nitrogens with one attached hydrogen (secondary N) is 1. The average molecular weight is 310 g/mol. The molecule has 1 aromatic rings. The summed E-state index contributed by atoms with van der Waals surface area (Å²) in [6.45, 7) is 4.44. The van der Waals surface area contributed by atoms with Crippen LogP contribution in [0.3, 0.4) is 0 Å². The van der Waals surface area contributed by atoms with Gasteiger partial charge in [0.15, 0.2) is 0 Å². The number of piperidine rings is 1. The van der Waals surface area contributed by atoms with Gasteiger partial charge in [-0.1, -0.05) is 0 Å². The van der Waals surface area contributed by atoms with Gasteiger partial charge in [0.1, 0.15) is 5.82 Å². The quantitative estimate of drug-likeness (QED) is 0.864. The van der Waals surface area contributed by atoms with Gasteiger partial charge in [0.2, 0.25) is 0 Å². The molecule has 18 heavy (non-hydrogen) atoms. The lowest BCUT2D eigenvalue weighted by atomic mass is 10.1. The van der Waals surface area contributed by atoms with Gasteiger partial charge >= 0.3 is 0 Å². The van der Waals surface area contributed by atoms with Gasteiger partial charge in [-0.2, -0.15) is 0 Å². The molecule has 0 aliphatic carbocycles. The van der Waals surface area contributed by atoms with E-state index in [2.05, 4.69) is 32.2 Å². The van der Waals surface area contributed by atoms with Crippen LogP contribution in [0.15, 0.2) is 10.5 Å². The van der Waals surface area contributed by atoms with E-state index in [9.17, 15) is 0 Å². The van der Waals surface area contributed by atoms with Crippen LogP contribution in [-0.2, 0) is 12.8 Å². The molecule has 3 heterocycles. The lowest BCUT2D eigenvalue weighted by molar-refractivity contribution is 0.572. The first-order chi connectivity index (χ1) is 8.84. The molecule has 1 saturated heterocycles. The van der Waals surface area contributed by atoms with Crippen LogP contribution >= 0.6 is 15.9 Å². The molecule has 3 nitrogen and oxygen atoms in total.